The first-order valence-electron chi connectivity index (χ1n) is 4.30. The van der Waals surface area contributed by atoms with Gasteiger partial charge in [0.25, 0.3) is 0 Å². The fourth-order valence-electron chi connectivity index (χ4n) is 1.49. The monoisotopic (exact) mass is 180 g/mol. The summed E-state index contributed by atoms with van der Waals surface area (Å²) in [5, 5.41) is 11.0. The van der Waals surface area contributed by atoms with Gasteiger partial charge in [-0.1, -0.05) is 0 Å². The van der Waals surface area contributed by atoms with E-state index in [4.69, 9.17) is 5.26 Å². The van der Waals surface area contributed by atoms with Gasteiger partial charge in [-0.15, -0.1) is 0 Å². The molecule has 13 heavy (non-hydrogen) atoms. The van der Waals surface area contributed by atoms with Crippen LogP contribution >= 0.6 is 0 Å². The standard InChI is InChI=1S/C9H12N2O2/c1-9(7(12)3-5-10)4-2-6-11-8(9)13/h2-4,6H2,1H3,(H,11,13). The predicted octanol–water partition coefficient (Wildman–Crippen LogP) is 0.385. The average Bonchev–Trinajstić information content (AvgIpc) is 2.11. The first-order valence-corrected chi connectivity index (χ1v) is 4.30. The number of nitriles is 1. The molecule has 0 aromatic carbocycles. The van der Waals surface area contributed by atoms with E-state index in [-0.39, 0.29) is 18.1 Å². The highest BCUT2D eigenvalue weighted by molar-refractivity contribution is 6.06. The number of piperidine rings is 1. The van der Waals surface area contributed by atoms with Crippen LogP contribution in [0.25, 0.3) is 0 Å². The zero-order chi connectivity index (χ0) is 9.90. The minimum atomic E-state index is -0.964. The van der Waals surface area contributed by atoms with Gasteiger partial charge in [0.1, 0.15) is 5.41 Å². The van der Waals surface area contributed by atoms with Crippen molar-refractivity contribution in [3.63, 3.8) is 0 Å². The molecule has 1 amide bonds. The number of Topliss-reactive ketones (excluding diaryl/α,β-unsaturated/α-hetero) is 1. The number of hydrogen-bond acceptors (Lipinski definition) is 3. The summed E-state index contributed by atoms with van der Waals surface area (Å²) < 4.78 is 0. The summed E-state index contributed by atoms with van der Waals surface area (Å²) in [5.41, 5.74) is -0.964. The van der Waals surface area contributed by atoms with Gasteiger partial charge in [0.2, 0.25) is 5.91 Å². The molecule has 4 nitrogen and oxygen atoms in total. The fourth-order valence-corrected chi connectivity index (χ4v) is 1.49. The Morgan fingerprint density at radius 3 is 3.00 bits per heavy atom. The Kier molecular flexibility index (Phi) is 2.66. The van der Waals surface area contributed by atoms with Gasteiger partial charge in [-0.05, 0) is 19.8 Å². The molecular weight excluding hydrogens is 168 g/mol. The van der Waals surface area contributed by atoms with Crippen molar-refractivity contribution >= 4 is 11.7 Å². The van der Waals surface area contributed by atoms with Gasteiger partial charge >= 0.3 is 0 Å². The van der Waals surface area contributed by atoms with Crippen LogP contribution in [0.1, 0.15) is 26.2 Å². The number of hydrogen-bond donors (Lipinski definition) is 1. The third-order valence-corrected chi connectivity index (χ3v) is 2.50. The Morgan fingerprint density at radius 1 is 1.77 bits per heavy atom. The van der Waals surface area contributed by atoms with Crippen molar-refractivity contribution in [1.82, 2.24) is 5.32 Å². The summed E-state index contributed by atoms with van der Waals surface area (Å²) in [7, 11) is 0. The Morgan fingerprint density at radius 2 is 2.46 bits per heavy atom. The zero-order valence-corrected chi connectivity index (χ0v) is 7.59. The molecule has 70 valence electrons. The van der Waals surface area contributed by atoms with Gasteiger partial charge in [0.15, 0.2) is 5.78 Å². The van der Waals surface area contributed by atoms with Crippen LogP contribution in [0.3, 0.4) is 0 Å². The van der Waals surface area contributed by atoms with Gasteiger partial charge < -0.3 is 5.32 Å². The van der Waals surface area contributed by atoms with Gasteiger partial charge in [0.05, 0.1) is 12.5 Å². The molecule has 1 fully saturated rings. The summed E-state index contributed by atoms with van der Waals surface area (Å²) in [6.07, 6.45) is 1.18. The quantitative estimate of drug-likeness (QED) is 0.625. The van der Waals surface area contributed by atoms with E-state index in [1.165, 1.54) is 0 Å². The van der Waals surface area contributed by atoms with E-state index in [1.807, 2.05) is 0 Å². The van der Waals surface area contributed by atoms with Crippen LogP contribution in [0.2, 0.25) is 0 Å². The van der Waals surface area contributed by atoms with Gasteiger partial charge in [0, 0.05) is 6.54 Å². The van der Waals surface area contributed by atoms with E-state index in [9.17, 15) is 9.59 Å². The van der Waals surface area contributed by atoms with Crippen LogP contribution in [0.5, 0.6) is 0 Å². The molecule has 0 aromatic heterocycles. The number of carbonyl (C=O) groups is 2. The highest BCUT2D eigenvalue weighted by Crippen LogP contribution is 2.28. The van der Waals surface area contributed by atoms with Gasteiger partial charge in [-0.2, -0.15) is 5.26 Å². The van der Waals surface area contributed by atoms with Crippen LogP contribution in [0.4, 0.5) is 0 Å². The average molecular weight is 180 g/mol. The molecule has 1 atom stereocenters. The molecule has 0 bridgehead atoms. The highest BCUT2D eigenvalue weighted by Gasteiger charge is 2.41. The molecular formula is C9H12N2O2. The molecule has 0 saturated carbocycles. The third kappa shape index (κ3) is 1.69. The maximum absolute atomic E-state index is 11.4. The number of carbonyl (C=O) groups excluding carboxylic acids is 2. The maximum atomic E-state index is 11.4. The van der Waals surface area contributed by atoms with E-state index in [1.54, 1.807) is 13.0 Å². The number of nitrogens with zero attached hydrogens (tertiary/aromatic N) is 1. The van der Waals surface area contributed by atoms with Gasteiger partial charge in [-0.3, -0.25) is 9.59 Å². The number of ketones is 1. The van der Waals surface area contributed by atoms with Crippen LogP contribution in [-0.4, -0.2) is 18.2 Å². The summed E-state index contributed by atoms with van der Waals surface area (Å²) in [5.74, 6) is -0.508. The molecule has 0 aliphatic carbocycles. The van der Waals surface area contributed by atoms with Crippen molar-refractivity contribution < 1.29 is 9.59 Å². The van der Waals surface area contributed by atoms with Crippen molar-refractivity contribution in [2.45, 2.75) is 26.2 Å². The Balaban J connectivity index is 2.79. The van der Waals surface area contributed by atoms with Crippen LogP contribution in [-0.2, 0) is 9.59 Å². The lowest BCUT2D eigenvalue weighted by atomic mass is 9.77. The molecule has 1 heterocycles. The lowest BCUT2D eigenvalue weighted by Gasteiger charge is -2.30. The van der Waals surface area contributed by atoms with Crippen molar-refractivity contribution in [2.24, 2.45) is 5.41 Å². The number of amides is 1. The second-order valence-corrected chi connectivity index (χ2v) is 3.45. The second kappa shape index (κ2) is 3.56. The normalized spacial score (nSPS) is 27.5. The molecule has 0 radical (unpaired) electrons. The van der Waals surface area contributed by atoms with Crippen LogP contribution in [0, 0.1) is 16.7 Å². The van der Waals surface area contributed by atoms with Crippen molar-refractivity contribution in [3.8, 4) is 6.07 Å². The Hall–Kier alpha value is -1.37. The Labute approximate surface area is 76.9 Å². The van der Waals surface area contributed by atoms with Crippen LogP contribution < -0.4 is 5.32 Å². The molecule has 0 spiro atoms. The number of rotatable bonds is 2. The first kappa shape index (κ1) is 9.72. The van der Waals surface area contributed by atoms with Gasteiger partial charge in [-0.25, -0.2) is 0 Å². The summed E-state index contributed by atoms with van der Waals surface area (Å²) in [6, 6.07) is 1.78. The lowest BCUT2D eigenvalue weighted by Crippen LogP contribution is -2.48. The molecule has 4 heteroatoms. The van der Waals surface area contributed by atoms with Crippen LogP contribution in [0.15, 0.2) is 0 Å². The highest BCUT2D eigenvalue weighted by atomic mass is 16.2. The summed E-state index contributed by atoms with van der Waals surface area (Å²) in [4.78, 5) is 22.8. The first-order chi connectivity index (χ1) is 6.11. The molecule has 1 aliphatic rings. The van der Waals surface area contributed by atoms with E-state index in [0.29, 0.717) is 13.0 Å². The van der Waals surface area contributed by atoms with Crippen molar-refractivity contribution in [3.05, 3.63) is 0 Å². The summed E-state index contributed by atoms with van der Waals surface area (Å²) >= 11 is 0. The molecule has 1 aliphatic heterocycles. The minimum Gasteiger partial charge on any atom is -0.355 e. The van der Waals surface area contributed by atoms with E-state index in [2.05, 4.69) is 5.32 Å². The molecule has 0 aromatic rings. The zero-order valence-electron chi connectivity index (χ0n) is 7.59. The van der Waals surface area contributed by atoms with E-state index < -0.39 is 5.41 Å². The molecule has 1 N–H and O–H groups in total. The second-order valence-electron chi connectivity index (χ2n) is 3.45. The van der Waals surface area contributed by atoms with Crippen molar-refractivity contribution in [1.29, 1.82) is 5.26 Å². The third-order valence-electron chi connectivity index (χ3n) is 2.50. The maximum Gasteiger partial charge on any atom is 0.233 e. The van der Waals surface area contributed by atoms with E-state index >= 15 is 0 Å². The lowest BCUT2D eigenvalue weighted by molar-refractivity contribution is -0.142. The minimum absolute atomic E-state index is 0.177. The molecule has 1 saturated heterocycles. The predicted molar refractivity (Wildman–Crippen MR) is 45.6 cm³/mol. The smallest absolute Gasteiger partial charge is 0.233 e. The fraction of sp³-hybridized carbons (Fsp3) is 0.667. The topological polar surface area (TPSA) is 70.0 Å². The Bertz CT molecular complexity index is 280. The number of nitrogens with one attached hydrogen (secondary N) is 1. The SMILES string of the molecule is CC1(C(=O)CC#N)CCCNC1=O. The van der Waals surface area contributed by atoms with E-state index in [0.717, 1.165) is 6.42 Å². The molecule has 1 unspecified atom stereocenters. The summed E-state index contributed by atoms with van der Waals surface area (Å²) in [6.45, 7) is 2.25. The van der Waals surface area contributed by atoms with Crippen molar-refractivity contribution in [2.75, 3.05) is 6.54 Å². The molecule has 1 rings (SSSR count). The largest absolute Gasteiger partial charge is 0.355 e.